The van der Waals surface area contributed by atoms with E-state index in [-0.39, 0.29) is 11.8 Å². The van der Waals surface area contributed by atoms with E-state index in [0.29, 0.717) is 70.5 Å². The van der Waals surface area contributed by atoms with Gasteiger partial charge in [-0.3, -0.25) is 14.5 Å². The summed E-state index contributed by atoms with van der Waals surface area (Å²) in [5, 5.41) is 3.41. The lowest BCUT2D eigenvalue weighted by molar-refractivity contribution is -0.134. The number of aromatic amines is 1. The first-order valence-corrected chi connectivity index (χ1v) is 13.3. The number of carbonyl (C=O) groups is 2. The Balaban J connectivity index is 1.28. The topological polar surface area (TPSA) is 135 Å². The number of nitrogens with two attached hydrogens (primary N) is 1. The minimum absolute atomic E-state index is 0.206. The number of amides is 2. The van der Waals surface area contributed by atoms with Crippen LogP contribution in [0, 0.1) is 0 Å². The average molecular weight is 543 g/mol. The zero-order valence-electron chi connectivity index (χ0n) is 23.2. The molecule has 0 radical (unpaired) electrons. The number of hydrogen-bond acceptors (Lipinski definition) is 8. The molecule has 1 aliphatic heterocycles. The first kappa shape index (κ1) is 27.1. The van der Waals surface area contributed by atoms with Crippen LogP contribution in [-0.4, -0.2) is 65.5 Å². The van der Waals surface area contributed by atoms with Crippen LogP contribution in [0.25, 0.3) is 22.6 Å². The number of benzene rings is 2. The van der Waals surface area contributed by atoms with Gasteiger partial charge >= 0.3 is 0 Å². The summed E-state index contributed by atoms with van der Waals surface area (Å²) in [6.07, 6.45) is 1.44. The van der Waals surface area contributed by atoms with Crippen LogP contribution >= 0.6 is 0 Å². The Kier molecular flexibility index (Phi) is 7.44. The molecule has 0 atom stereocenters. The van der Waals surface area contributed by atoms with E-state index in [1.54, 1.807) is 32.4 Å². The maximum absolute atomic E-state index is 13.7. The lowest BCUT2D eigenvalue weighted by Crippen LogP contribution is -2.52. The number of nitrogens with one attached hydrogen (secondary N) is 2. The van der Waals surface area contributed by atoms with Gasteiger partial charge in [-0.25, -0.2) is 9.97 Å². The minimum atomic E-state index is -0.868. The fraction of sp³-hybridized carbons (Fsp3) is 0.333. The number of aromatic nitrogens is 3. The first-order valence-electron chi connectivity index (χ1n) is 13.3. The molecule has 2 amide bonds. The number of carbonyl (C=O) groups excluding carboxylic acids is 2. The molecule has 2 aromatic carbocycles. The Labute approximate surface area is 232 Å². The lowest BCUT2D eigenvalue weighted by atomic mass is 9.76. The van der Waals surface area contributed by atoms with Gasteiger partial charge in [-0.2, -0.15) is 0 Å². The maximum Gasteiger partial charge on any atom is 0.263 e. The number of imidazole rings is 1. The summed E-state index contributed by atoms with van der Waals surface area (Å²) in [4.78, 5) is 40.8. The number of pyridine rings is 1. The molecule has 40 heavy (non-hydrogen) atoms. The number of nitrogen functional groups attached to an aromatic ring is 1. The third kappa shape index (κ3) is 4.98. The molecule has 10 heteroatoms. The standard InChI is InChI=1S/C30H34N6O4/c1-30(2)19-10-11-20-26(35-27(34-20)21-7-5-8-24(31)33-21)25(19)28(37)36(29(30)38)16-6-14-32-15-13-18-9-12-22(39-3)23(17-18)40-4/h5,7-12,17,32H,6,13-16H2,1-4H3,(H2,31,33)(H,34,35). The molecule has 4 N–H and O–H groups in total. The predicted molar refractivity (Wildman–Crippen MR) is 154 cm³/mol. The molecule has 1 aliphatic rings. The predicted octanol–water partition coefficient (Wildman–Crippen LogP) is 3.71. The van der Waals surface area contributed by atoms with Crippen LogP contribution in [0.15, 0.2) is 48.5 Å². The summed E-state index contributed by atoms with van der Waals surface area (Å²) < 4.78 is 10.7. The van der Waals surface area contributed by atoms with Crippen molar-refractivity contribution in [2.75, 3.05) is 39.6 Å². The lowest BCUT2D eigenvalue weighted by Gasteiger charge is -2.37. The summed E-state index contributed by atoms with van der Waals surface area (Å²) in [6.45, 7) is 5.44. The molecular weight excluding hydrogens is 508 g/mol. The maximum atomic E-state index is 13.7. The van der Waals surface area contributed by atoms with Gasteiger partial charge in [0, 0.05) is 6.54 Å². The van der Waals surface area contributed by atoms with E-state index in [0.717, 1.165) is 18.5 Å². The highest BCUT2D eigenvalue weighted by atomic mass is 16.5. The van der Waals surface area contributed by atoms with Gasteiger partial charge in [-0.1, -0.05) is 18.2 Å². The molecular formula is C30H34N6O4. The van der Waals surface area contributed by atoms with Crippen molar-refractivity contribution in [3.05, 3.63) is 65.2 Å². The molecule has 0 spiro atoms. The second kappa shape index (κ2) is 11.0. The van der Waals surface area contributed by atoms with Crippen molar-refractivity contribution in [3.8, 4) is 23.0 Å². The number of ether oxygens (including phenoxy) is 2. The van der Waals surface area contributed by atoms with Gasteiger partial charge in [-0.15, -0.1) is 0 Å². The molecule has 0 unspecified atom stereocenters. The summed E-state index contributed by atoms with van der Waals surface area (Å²) in [6, 6.07) is 14.9. The van der Waals surface area contributed by atoms with Crippen molar-refractivity contribution < 1.29 is 19.1 Å². The number of rotatable bonds is 10. The van der Waals surface area contributed by atoms with Gasteiger partial charge in [0.2, 0.25) is 5.91 Å². The van der Waals surface area contributed by atoms with Crippen LogP contribution in [0.3, 0.4) is 0 Å². The van der Waals surface area contributed by atoms with E-state index >= 15 is 0 Å². The molecule has 0 fully saturated rings. The number of fused-ring (bicyclic) bond motifs is 3. The molecule has 0 bridgehead atoms. The molecule has 0 saturated heterocycles. The van der Waals surface area contributed by atoms with Crippen LogP contribution in [0.4, 0.5) is 5.82 Å². The normalized spacial score (nSPS) is 14.4. The van der Waals surface area contributed by atoms with Gasteiger partial charge in [0.25, 0.3) is 5.91 Å². The van der Waals surface area contributed by atoms with Crippen molar-refractivity contribution in [1.29, 1.82) is 0 Å². The number of hydrogen-bond donors (Lipinski definition) is 3. The van der Waals surface area contributed by atoms with Gasteiger partial charge in [0.15, 0.2) is 17.3 Å². The third-order valence-corrected chi connectivity index (χ3v) is 7.35. The summed E-state index contributed by atoms with van der Waals surface area (Å²) in [7, 11) is 3.24. The van der Waals surface area contributed by atoms with Crippen molar-refractivity contribution in [2.45, 2.75) is 32.1 Å². The van der Waals surface area contributed by atoms with Crippen LogP contribution in [0.2, 0.25) is 0 Å². The van der Waals surface area contributed by atoms with Crippen LogP contribution in [-0.2, 0) is 16.6 Å². The molecule has 3 heterocycles. The zero-order valence-corrected chi connectivity index (χ0v) is 23.2. The van der Waals surface area contributed by atoms with Crippen molar-refractivity contribution in [1.82, 2.24) is 25.2 Å². The monoisotopic (exact) mass is 542 g/mol. The number of nitrogens with zero attached hydrogens (tertiary/aromatic N) is 3. The van der Waals surface area contributed by atoms with Gasteiger partial charge in [0.1, 0.15) is 17.0 Å². The SMILES string of the molecule is COc1ccc(CCNCCCN2C(=O)c3c(ccc4[nH]c(-c5cccc(N)n5)nc34)C(C)(C)C2=O)cc1OC. The highest BCUT2D eigenvalue weighted by molar-refractivity contribution is 6.18. The van der Waals surface area contributed by atoms with E-state index in [9.17, 15) is 9.59 Å². The van der Waals surface area contributed by atoms with Crippen LogP contribution in [0.5, 0.6) is 11.5 Å². The number of anilines is 1. The van der Waals surface area contributed by atoms with Crippen molar-refractivity contribution in [3.63, 3.8) is 0 Å². The number of H-pyrrole nitrogens is 1. The Morgan fingerprint density at radius 2 is 1.80 bits per heavy atom. The Morgan fingerprint density at radius 1 is 1.00 bits per heavy atom. The van der Waals surface area contributed by atoms with Crippen molar-refractivity contribution in [2.24, 2.45) is 0 Å². The second-order valence-electron chi connectivity index (χ2n) is 10.3. The van der Waals surface area contributed by atoms with Gasteiger partial charge < -0.3 is 25.5 Å². The van der Waals surface area contributed by atoms with E-state index in [1.165, 1.54) is 4.90 Å². The largest absolute Gasteiger partial charge is 0.493 e. The quantitative estimate of drug-likeness (QED) is 0.204. The summed E-state index contributed by atoms with van der Waals surface area (Å²) in [5.74, 6) is 1.77. The molecule has 2 aromatic heterocycles. The number of methoxy groups -OCH3 is 2. The van der Waals surface area contributed by atoms with E-state index < -0.39 is 5.41 Å². The minimum Gasteiger partial charge on any atom is -0.493 e. The van der Waals surface area contributed by atoms with Crippen molar-refractivity contribution >= 4 is 28.7 Å². The molecule has 4 aromatic rings. The summed E-state index contributed by atoms with van der Waals surface area (Å²) >= 11 is 0. The highest BCUT2D eigenvalue weighted by Gasteiger charge is 2.45. The van der Waals surface area contributed by atoms with E-state index in [1.807, 2.05) is 44.2 Å². The first-order chi connectivity index (χ1) is 19.2. The zero-order chi connectivity index (χ0) is 28.4. The smallest absolute Gasteiger partial charge is 0.263 e. The molecule has 5 rings (SSSR count). The Bertz CT molecular complexity index is 1580. The fourth-order valence-corrected chi connectivity index (χ4v) is 5.16. The highest BCUT2D eigenvalue weighted by Crippen LogP contribution is 2.38. The average Bonchev–Trinajstić information content (AvgIpc) is 3.39. The van der Waals surface area contributed by atoms with Crippen LogP contribution < -0.4 is 20.5 Å². The molecule has 208 valence electrons. The second-order valence-corrected chi connectivity index (χ2v) is 10.3. The third-order valence-electron chi connectivity index (χ3n) is 7.35. The summed E-state index contributed by atoms with van der Waals surface area (Å²) in [5.41, 5.74) is 9.06. The van der Waals surface area contributed by atoms with Gasteiger partial charge in [-0.05, 0) is 81.2 Å². The van der Waals surface area contributed by atoms with E-state index in [2.05, 4.69) is 15.3 Å². The Hall–Kier alpha value is -4.44. The van der Waals surface area contributed by atoms with Crippen LogP contribution in [0.1, 0.15) is 41.8 Å². The molecule has 10 nitrogen and oxygen atoms in total. The molecule has 0 aliphatic carbocycles. The van der Waals surface area contributed by atoms with E-state index in [4.69, 9.17) is 20.2 Å². The van der Waals surface area contributed by atoms with Gasteiger partial charge in [0.05, 0.1) is 30.7 Å². The number of imide groups is 1. The molecule has 0 saturated carbocycles. The fourth-order valence-electron chi connectivity index (χ4n) is 5.16. The Morgan fingerprint density at radius 3 is 2.55 bits per heavy atom.